The molecule has 1 fully saturated rings. The van der Waals surface area contributed by atoms with E-state index in [9.17, 15) is 0 Å². The minimum atomic E-state index is 0.584. The molecule has 0 spiro atoms. The molecule has 0 aliphatic carbocycles. The van der Waals surface area contributed by atoms with E-state index in [0.717, 1.165) is 43.8 Å². The highest BCUT2D eigenvalue weighted by molar-refractivity contribution is 5.41. The summed E-state index contributed by atoms with van der Waals surface area (Å²) in [5, 5.41) is 3.26. The van der Waals surface area contributed by atoms with Crippen LogP contribution >= 0.6 is 0 Å². The van der Waals surface area contributed by atoms with E-state index in [1.807, 2.05) is 36.4 Å². The van der Waals surface area contributed by atoms with Crippen molar-refractivity contribution in [1.82, 2.24) is 9.97 Å². The second-order valence-electron chi connectivity index (χ2n) is 4.93. The first kappa shape index (κ1) is 14.6. The van der Waals surface area contributed by atoms with Crippen LogP contribution in [-0.4, -0.2) is 49.4 Å². The van der Waals surface area contributed by atoms with Gasteiger partial charge in [0.1, 0.15) is 18.2 Å². The molecule has 0 radical (unpaired) electrons. The Morgan fingerprint density at radius 1 is 1.14 bits per heavy atom. The normalized spacial score (nSPS) is 14.6. The maximum absolute atomic E-state index is 5.64. The molecule has 3 rings (SSSR count). The number of para-hydroxylation sites is 1. The second-order valence-corrected chi connectivity index (χ2v) is 4.93. The van der Waals surface area contributed by atoms with Gasteiger partial charge in [0.25, 0.3) is 0 Å². The maximum Gasteiger partial charge on any atom is 0.227 e. The van der Waals surface area contributed by atoms with Gasteiger partial charge >= 0.3 is 0 Å². The Labute approximate surface area is 130 Å². The van der Waals surface area contributed by atoms with Crippen molar-refractivity contribution < 1.29 is 9.47 Å². The van der Waals surface area contributed by atoms with Crippen LogP contribution in [0, 0.1) is 0 Å². The molecular weight excluding hydrogens is 280 g/mol. The molecule has 1 N–H and O–H groups in total. The van der Waals surface area contributed by atoms with E-state index in [2.05, 4.69) is 20.2 Å². The molecule has 1 aliphatic heterocycles. The molecule has 2 heterocycles. The summed E-state index contributed by atoms with van der Waals surface area (Å²) in [7, 11) is 0. The van der Waals surface area contributed by atoms with Gasteiger partial charge in [0.15, 0.2) is 0 Å². The van der Waals surface area contributed by atoms with E-state index >= 15 is 0 Å². The zero-order valence-electron chi connectivity index (χ0n) is 12.4. The fourth-order valence-electron chi connectivity index (χ4n) is 2.23. The smallest absolute Gasteiger partial charge is 0.227 e. The number of nitrogens with one attached hydrogen (secondary N) is 1. The van der Waals surface area contributed by atoms with Gasteiger partial charge in [-0.25, -0.2) is 4.98 Å². The summed E-state index contributed by atoms with van der Waals surface area (Å²) in [5.74, 6) is 2.44. The first-order chi connectivity index (χ1) is 10.9. The lowest BCUT2D eigenvalue weighted by Crippen LogP contribution is -2.37. The van der Waals surface area contributed by atoms with Gasteiger partial charge in [0.05, 0.1) is 19.8 Å². The molecule has 0 atom stereocenters. The Bertz CT molecular complexity index is 573. The van der Waals surface area contributed by atoms with E-state index in [4.69, 9.17) is 9.47 Å². The summed E-state index contributed by atoms with van der Waals surface area (Å²) in [5.41, 5.74) is 0. The van der Waals surface area contributed by atoms with Crippen LogP contribution in [0.5, 0.6) is 5.75 Å². The van der Waals surface area contributed by atoms with Crippen LogP contribution in [0.15, 0.2) is 42.6 Å². The van der Waals surface area contributed by atoms with Gasteiger partial charge in [-0.3, -0.25) is 0 Å². The summed E-state index contributed by atoms with van der Waals surface area (Å²) in [4.78, 5) is 11.0. The molecule has 6 heteroatoms. The van der Waals surface area contributed by atoms with Crippen molar-refractivity contribution in [3.8, 4) is 5.75 Å². The molecule has 1 aromatic carbocycles. The van der Waals surface area contributed by atoms with E-state index in [-0.39, 0.29) is 0 Å². The maximum atomic E-state index is 5.64. The number of anilines is 2. The van der Waals surface area contributed by atoms with Crippen LogP contribution in [0.4, 0.5) is 11.8 Å². The molecule has 0 bridgehead atoms. The quantitative estimate of drug-likeness (QED) is 0.821. The van der Waals surface area contributed by atoms with Crippen LogP contribution in [0.1, 0.15) is 0 Å². The standard InChI is InChI=1S/C16H20N4O2/c1-2-4-14(5-3-1)22-11-8-17-15-6-7-18-16(19-15)20-9-12-21-13-10-20/h1-7H,8-13H2,(H,17,18,19). The van der Waals surface area contributed by atoms with Gasteiger partial charge in [-0.05, 0) is 18.2 Å². The lowest BCUT2D eigenvalue weighted by atomic mass is 10.3. The predicted molar refractivity (Wildman–Crippen MR) is 85.5 cm³/mol. The Kier molecular flexibility index (Phi) is 5.04. The summed E-state index contributed by atoms with van der Waals surface area (Å²) >= 11 is 0. The number of hydrogen-bond acceptors (Lipinski definition) is 6. The van der Waals surface area contributed by atoms with Crippen molar-refractivity contribution in [3.63, 3.8) is 0 Å². The molecule has 6 nitrogen and oxygen atoms in total. The third-order valence-electron chi connectivity index (χ3n) is 3.36. The highest BCUT2D eigenvalue weighted by Gasteiger charge is 2.13. The zero-order valence-corrected chi connectivity index (χ0v) is 12.4. The molecular formula is C16H20N4O2. The summed E-state index contributed by atoms with van der Waals surface area (Å²) in [6, 6.07) is 11.7. The Balaban J connectivity index is 1.48. The predicted octanol–water partition coefficient (Wildman–Crippen LogP) is 1.80. The second kappa shape index (κ2) is 7.61. The molecule has 1 aromatic heterocycles. The third-order valence-corrected chi connectivity index (χ3v) is 3.36. The number of ether oxygens (including phenoxy) is 2. The number of morpholine rings is 1. The molecule has 1 saturated heterocycles. The molecule has 1 aliphatic rings. The highest BCUT2D eigenvalue weighted by Crippen LogP contribution is 2.12. The number of rotatable bonds is 6. The minimum Gasteiger partial charge on any atom is -0.492 e. The summed E-state index contributed by atoms with van der Waals surface area (Å²) < 4.78 is 11.0. The van der Waals surface area contributed by atoms with Gasteiger partial charge in [-0.1, -0.05) is 18.2 Å². The molecule has 0 unspecified atom stereocenters. The van der Waals surface area contributed by atoms with Crippen molar-refractivity contribution in [3.05, 3.63) is 42.6 Å². The average molecular weight is 300 g/mol. The van der Waals surface area contributed by atoms with Crippen LogP contribution in [0.25, 0.3) is 0 Å². The molecule has 2 aromatic rings. The Morgan fingerprint density at radius 3 is 2.77 bits per heavy atom. The third kappa shape index (κ3) is 4.08. The van der Waals surface area contributed by atoms with Crippen molar-refractivity contribution in [2.75, 3.05) is 49.7 Å². The number of aromatic nitrogens is 2. The molecule has 0 saturated carbocycles. The highest BCUT2D eigenvalue weighted by atomic mass is 16.5. The average Bonchev–Trinajstić information content (AvgIpc) is 2.61. The van der Waals surface area contributed by atoms with Crippen molar-refractivity contribution >= 4 is 11.8 Å². The van der Waals surface area contributed by atoms with Gasteiger partial charge in [-0.15, -0.1) is 0 Å². The van der Waals surface area contributed by atoms with E-state index < -0.39 is 0 Å². The number of benzene rings is 1. The fraction of sp³-hybridized carbons (Fsp3) is 0.375. The van der Waals surface area contributed by atoms with Gasteiger partial charge < -0.3 is 19.7 Å². The van der Waals surface area contributed by atoms with Crippen molar-refractivity contribution in [2.45, 2.75) is 0 Å². The Morgan fingerprint density at radius 2 is 1.95 bits per heavy atom. The monoisotopic (exact) mass is 300 g/mol. The van der Waals surface area contributed by atoms with Crippen LogP contribution in [0.3, 0.4) is 0 Å². The number of hydrogen-bond donors (Lipinski definition) is 1. The SMILES string of the molecule is c1ccc(OCCNc2ccnc(N3CCOCC3)n2)cc1. The van der Waals surface area contributed by atoms with Crippen LogP contribution in [0.2, 0.25) is 0 Å². The van der Waals surface area contributed by atoms with Crippen LogP contribution in [-0.2, 0) is 4.74 Å². The molecule has 116 valence electrons. The van der Waals surface area contributed by atoms with Gasteiger partial charge in [-0.2, -0.15) is 4.98 Å². The first-order valence-corrected chi connectivity index (χ1v) is 7.49. The lowest BCUT2D eigenvalue weighted by Gasteiger charge is -2.26. The molecule has 0 amide bonds. The van der Waals surface area contributed by atoms with Gasteiger partial charge in [0, 0.05) is 19.3 Å². The van der Waals surface area contributed by atoms with Crippen molar-refractivity contribution in [2.24, 2.45) is 0 Å². The summed E-state index contributed by atoms with van der Waals surface area (Å²) in [6.07, 6.45) is 1.78. The Hall–Kier alpha value is -2.34. The number of nitrogens with zero attached hydrogens (tertiary/aromatic N) is 3. The summed E-state index contributed by atoms with van der Waals surface area (Å²) in [6.45, 7) is 4.40. The lowest BCUT2D eigenvalue weighted by molar-refractivity contribution is 0.122. The van der Waals surface area contributed by atoms with E-state index in [0.29, 0.717) is 13.2 Å². The van der Waals surface area contributed by atoms with E-state index in [1.54, 1.807) is 6.20 Å². The van der Waals surface area contributed by atoms with Crippen molar-refractivity contribution in [1.29, 1.82) is 0 Å². The molecule has 22 heavy (non-hydrogen) atoms. The van der Waals surface area contributed by atoms with Gasteiger partial charge in [0.2, 0.25) is 5.95 Å². The van der Waals surface area contributed by atoms with E-state index in [1.165, 1.54) is 0 Å². The first-order valence-electron chi connectivity index (χ1n) is 7.49. The zero-order chi connectivity index (χ0) is 15.0. The van der Waals surface area contributed by atoms with Crippen LogP contribution < -0.4 is 15.0 Å². The fourth-order valence-corrected chi connectivity index (χ4v) is 2.23. The minimum absolute atomic E-state index is 0.584. The topological polar surface area (TPSA) is 59.5 Å². The largest absolute Gasteiger partial charge is 0.492 e.